The number of benzene rings is 2. The molecule has 0 spiro atoms. The second-order valence-electron chi connectivity index (χ2n) is 7.63. The summed E-state index contributed by atoms with van der Waals surface area (Å²) in [6.45, 7) is 5.03. The maximum Gasteiger partial charge on any atom is 0.227 e. The molecule has 2 heterocycles. The number of anilines is 1. The van der Waals surface area contributed by atoms with Gasteiger partial charge in [0.15, 0.2) is 5.82 Å². The van der Waals surface area contributed by atoms with Crippen LogP contribution in [0.5, 0.6) is 5.75 Å². The quantitative estimate of drug-likeness (QED) is 0.551. The lowest BCUT2D eigenvalue weighted by molar-refractivity contribution is 0.115. The summed E-state index contributed by atoms with van der Waals surface area (Å²) in [6, 6.07) is 17.8. The minimum absolute atomic E-state index is 0.179. The van der Waals surface area contributed by atoms with E-state index in [4.69, 9.17) is 9.47 Å². The SMILES string of the molecule is CCn1c(-c2cccc(C#N)c2)nnc1N(Cc1cccc(OC)c1)CC1CCCO1. The van der Waals surface area contributed by atoms with Gasteiger partial charge in [-0.25, -0.2) is 0 Å². The average molecular weight is 418 g/mol. The van der Waals surface area contributed by atoms with E-state index >= 15 is 0 Å². The van der Waals surface area contributed by atoms with Crippen LogP contribution < -0.4 is 9.64 Å². The molecule has 160 valence electrons. The van der Waals surface area contributed by atoms with Crippen LogP contribution in [0.15, 0.2) is 48.5 Å². The molecule has 31 heavy (non-hydrogen) atoms. The summed E-state index contributed by atoms with van der Waals surface area (Å²) < 4.78 is 13.4. The summed E-state index contributed by atoms with van der Waals surface area (Å²) in [5.74, 6) is 2.40. The molecule has 7 heteroatoms. The van der Waals surface area contributed by atoms with E-state index in [1.54, 1.807) is 13.2 Å². The van der Waals surface area contributed by atoms with Gasteiger partial charge in [-0.3, -0.25) is 4.57 Å². The minimum atomic E-state index is 0.179. The molecule has 1 unspecified atom stereocenters. The zero-order chi connectivity index (χ0) is 21.6. The molecule has 0 aliphatic carbocycles. The van der Waals surface area contributed by atoms with Gasteiger partial charge in [-0.1, -0.05) is 24.3 Å². The van der Waals surface area contributed by atoms with Gasteiger partial charge >= 0.3 is 0 Å². The number of nitrogens with zero attached hydrogens (tertiary/aromatic N) is 5. The van der Waals surface area contributed by atoms with Crippen LogP contribution >= 0.6 is 0 Å². The fourth-order valence-corrected chi connectivity index (χ4v) is 4.00. The van der Waals surface area contributed by atoms with Gasteiger partial charge in [-0.15, -0.1) is 10.2 Å². The Hall–Kier alpha value is -3.37. The Balaban J connectivity index is 1.69. The van der Waals surface area contributed by atoms with Crippen LogP contribution in [0, 0.1) is 11.3 Å². The molecule has 0 radical (unpaired) electrons. The summed E-state index contributed by atoms with van der Waals surface area (Å²) >= 11 is 0. The molecular weight excluding hydrogens is 390 g/mol. The Labute approximate surface area is 182 Å². The second-order valence-corrected chi connectivity index (χ2v) is 7.63. The van der Waals surface area contributed by atoms with E-state index in [1.165, 1.54) is 0 Å². The summed E-state index contributed by atoms with van der Waals surface area (Å²) in [4.78, 5) is 2.24. The Morgan fingerprint density at radius 3 is 2.84 bits per heavy atom. The molecule has 1 atom stereocenters. The highest BCUT2D eigenvalue weighted by Crippen LogP contribution is 2.27. The van der Waals surface area contributed by atoms with Crippen molar-refractivity contribution in [2.75, 3.05) is 25.2 Å². The van der Waals surface area contributed by atoms with E-state index < -0.39 is 0 Å². The van der Waals surface area contributed by atoms with E-state index in [0.717, 1.165) is 54.6 Å². The molecule has 1 aliphatic rings. The standard InChI is InChI=1S/C24H27N5O2/c1-3-29-23(20-9-4-7-18(13-20)15-25)26-27-24(29)28(17-22-11-6-12-31-22)16-19-8-5-10-21(14-19)30-2/h4-5,7-10,13-14,22H,3,6,11-12,16-17H2,1-2H3. The van der Waals surface area contributed by atoms with Gasteiger partial charge in [0.1, 0.15) is 5.75 Å². The summed E-state index contributed by atoms with van der Waals surface area (Å²) in [6.07, 6.45) is 2.31. The van der Waals surface area contributed by atoms with Crippen LogP contribution in [0.3, 0.4) is 0 Å². The third kappa shape index (κ3) is 4.70. The molecule has 0 amide bonds. The first kappa shape index (κ1) is 20.9. The summed E-state index contributed by atoms with van der Waals surface area (Å²) in [5.41, 5.74) is 2.63. The fourth-order valence-electron chi connectivity index (χ4n) is 4.00. The van der Waals surface area contributed by atoms with Crippen molar-refractivity contribution in [1.82, 2.24) is 14.8 Å². The van der Waals surface area contributed by atoms with Crippen molar-refractivity contribution in [1.29, 1.82) is 5.26 Å². The molecule has 3 aromatic rings. The van der Waals surface area contributed by atoms with E-state index in [1.807, 2.05) is 36.4 Å². The highest BCUT2D eigenvalue weighted by molar-refractivity contribution is 5.60. The van der Waals surface area contributed by atoms with Gasteiger partial charge in [0.05, 0.1) is 24.8 Å². The number of aromatic nitrogens is 3. The number of hydrogen-bond acceptors (Lipinski definition) is 6. The maximum absolute atomic E-state index is 9.27. The molecule has 0 N–H and O–H groups in total. The van der Waals surface area contributed by atoms with Gasteiger partial charge in [-0.2, -0.15) is 5.26 Å². The third-order valence-corrected chi connectivity index (χ3v) is 5.54. The Morgan fingerprint density at radius 1 is 1.23 bits per heavy atom. The topological polar surface area (TPSA) is 76.2 Å². The van der Waals surface area contributed by atoms with Crippen molar-refractivity contribution in [3.63, 3.8) is 0 Å². The summed E-state index contributed by atoms with van der Waals surface area (Å²) in [5, 5.41) is 18.3. The largest absolute Gasteiger partial charge is 0.497 e. The molecule has 1 saturated heterocycles. The lowest BCUT2D eigenvalue weighted by Gasteiger charge is -2.27. The lowest BCUT2D eigenvalue weighted by Crippen LogP contribution is -2.34. The molecule has 4 rings (SSSR count). The number of methoxy groups -OCH3 is 1. The molecule has 0 saturated carbocycles. The van der Waals surface area contributed by atoms with E-state index in [2.05, 4.69) is 38.7 Å². The van der Waals surface area contributed by atoms with Crippen molar-refractivity contribution in [2.45, 2.75) is 39.0 Å². The van der Waals surface area contributed by atoms with Crippen molar-refractivity contribution < 1.29 is 9.47 Å². The maximum atomic E-state index is 9.27. The van der Waals surface area contributed by atoms with Crippen LogP contribution in [0.25, 0.3) is 11.4 Å². The molecule has 2 aromatic carbocycles. The van der Waals surface area contributed by atoms with Gasteiger partial charge in [0, 0.05) is 31.8 Å². The first-order valence-electron chi connectivity index (χ1n) is 10.6. The molecule has 7 nitrogen and oxygen atoms in total. The van der Waals surface area contributed by atoms with Crippen molar-refractivity contribution in [3.8, 4) is 23.2 Å². The number of nitriles is 1. The normalized spacial score (nSPS) is 15.6. The van der Waals surface area contributed by atoms with Crippen LogP contribution in [0.1, 0.15) is 30.9 Å². The zero-order valence-electron chi connectivity index (χ0n) is 18.0. The van der Waals surface area contributed by atoms with Gasteiger partial charge < -0.3 is 14.4 Å². The van der Waals surface area contributed by atoms with Crippen molar-refractivity contribution >= 4 is 5.95 Å². The average Bonchev–Trinajstić information content (AvgIpc) is 3.48. The lowest BCUT2D eigenvalue weighted by atomic mass is 10.1. The Morgan fingerprint density at radius 2 is 2.10 bits per heavy atom. The monoisotopic (exact) mass is 417 g/mol. The highest BCUT2D eigenvalue weighted by atomic mass is 16.5. The molecule has 1 aromatic heterocycles. The summed E-state index contributed by atoms with van der Waals surface area (Å²) in [7, 11) is 1.68. The predicted octanol–water partition coefficient (Wildman–Crippen LogP) is 4.03. The predicted molar refractivity (Wildman–Crippen MR) is 119 cm³/mol. The van der Waals surface area contributed by atoms with Crippen LogP contribution in [-0.2, 0) is 17.8 Å². The smallest absolute Gasteiger partial charge is 0.227 e. The number of rotatable bonds is 8. The van der Waals surface area contributed by atoms with E-state index in [-0.39, 0.29) is 6.10 Å². The molecule has 1 aliphatic heterocycles. The van der Waals surface area contributed by atoms with Crippen molar-refractivity contribution in [3.05, 3.63) is 59.7 Å². The second kappa shape index (κ2) is 9.63. The van der Waals surface area contributed by atoms with E-state index in [0.29, 0.717) is 18.7 Å². The third-order valence-electron chi connectivity index (χ3n) is 5.54. The molecular formula is C24H27N5O2. The zero-order valence-corrected chi connectivity index (χ0v) is 18.0. The van der Waals surface area contributed by atoms with Gasteiger partial charge in [0.25, 0.3) is 0 Å². The van der Waals surface area contributed by atoms with Crippen LogP contribution in [-0.4, -0.2) is 41.1 Å². The van der Waals surface area contributed by atoms with Crippen LogP contribution in [0.4, 0.5) is 5.95 Å². The molecule has 1 fully saturated rings. The fraction of sp³-hybridized carbons (Fsp3) is 0.375. The first-order valence-corrected chi connectivity index (χ1v) is 10.6. The van der Waals surface area contributed by atoms with Crippen molar-refractivity contribution in [2.24, 2.45) is 0 Å². The van der Waals surface area contributed by atoms with Gasteiger partial charge in [0.2, 0.25) is 5.95 Å². The minimum Gasteiger partial charge on any atom is -0.497 e. The number of ether oxygens (including phenoxy) is 2. The Bertz CT molecular complexity index is 1070. The highest BCUT2D eigenvalue weighted by Gasteiger charge is 2.24. The van der Waals surface area contributed by atoms with Crippen LogP contribution in [0.2, 0.25) is 0 Å². The van der Waals surface area contributed by atoms with Gasteiger partial charge in [-0.05, 0) is 49.6 Å². The number of hydrogen-bond donors (Lipinski definition) is 0. The van der Waals surface area contributed by atoms with E-state index in [9.17, 15) is 5.26 Å². The first-order chi connectivity index (χ1) is 15.2. The molecule has 0 bridgehead atoms. The Kier molecular flexibility index (Phi) is 6.48.